The number of carbonyl (C=O) groups is 1. The SMILES string of the molecule is CNC(=O)N1CCC(C2CCN(Cc3cc(F)c(F)c(F)c3)C2)CC1. The Morgan fingerprint density at radius 1 is 1.08 bits per heavy atom. The molecule has 138 valence electrons. The fourth-order valence-corrected chi connectivity index (χ4v) is 4.08. The second-order valence-electron chi connectivity index (χ2n) is 7.04. The number of benzene rings is 1. The van der Waals surface area contributed by atoms with E-state index in [0.29, 0.717) is 23.9 Å². The first kappa shape index (κ1) is 18.0. The van der Waals surface area contributed by atoms with E-state index >= 15 is 0 Å². The van der Waals surface area contributed by atoms with Crippen molar-refractivity contribution in [2.75, 3.05) is 33.2 Å². The maximum absolute atomic E-state index is 13.3. The van der Waals surface area contributed by atoms with Gasteiger partial charge >= 0.3 is 6.03 Å². The van der Waals surface area contributed by atoms with Gasteiger partial charge in [-0.2, -0.15) is 0 Å². The molecule has 1 aromatic carbocycles. The molecular formula is C18H24F3N3O. The van der Waals surface area contributed by atoms with Gasteiger partial charge in [-0.15, -0.1) is 0 Å². The number of hydrogen-bond acceptors (Lipinski definition) is 2. The Morgan fingerprint density at radius 3 is 2.28 bits per heavy atom. The smallest absolute Gasteiger partial charge is 0.317 e. The lowest BCUT2D eigenvalue weighted by molar-refractivity contribution is 0.150. The molecular weight excluding hydrogens is 331 g/mol. The molecule has 2 heterocycles. The molecule has 2 amide bonds. The van der Waals surface area contributed by atoms with Crippen LogP contribution in [0.25, 0.3) is 0 Å². The molecule has 4 nitrogen and oxygen atoms in total. The van der Waals surface area contributed by atoms with Crippen LogP contribution >= 0.6 is 0 Å². The van der Waals surface area contributed by atoms with Crippen LogP contribution in [-0.2, 0) is 6.54 Å². The molecule has 3 rings (SSSR count). The van der Waals surface area contributed by atoms with E-state index in [2.05, 4.69) is 10.2 Å². The van der Waals surface area contributed by atoms with Gasteiger partial charge in [0.25, 0.3) is 0 Å². The Labute approximate surface area is 146 Å². The first-order valence-corrected chi connectivity index (χ1v) is 8.80. The minimum atomic E-state index is -1.41. The lowest BCUT2D eigenvalue weighted by Crippen LogP contribution is -2.44. The van der Waals surface area contributed by atoms with Gasteiger partial charge in [-0.3, -0.25) is 4.90 Å². The number of likely N-dealkylation sites (tertiary alicyclic amines) is 2. The predicted molar refractivity (Wildman–Crippen MR) is 88.5 cm³/mol. The number of halogens is 3. The number of urea groups is 1. The van der Waals surface area contributed by atoms with Crippen molar-refractivity contribution in [3.8, 4) is 0 Å². The molecule has 1 atom stereocenters. The topological polar surface area (TPSA) is 35.6 Å². The highest BCUT2D eigenvalue weighted by atomic mass is 19.2. The molecule has 0 bridgehead atoms. The van der Waals surface area contributed by atoms with E-state index in [9.17, 15) is 18.0 Å². The number of hydrogen-bond donors (Lipinski definition) is 1. The summed E-state index contributed by atoms with van der Waals surface area (Å²) in [6.07, 6.45) is 3.04. The van der Waals surface area contributed by atoms with Crippen LogP contribution in [0.4, 0.5) is 18.0 Å². The van der Waals surface area contributed by atoms with E-state index in [4.69, 9.17) is 0 Å². The lowest BCUT2D eigenvalue weighted by Gasteiger charge is -2.34. The molecule has 0 aromatic heterocycles. The predicted octanol–water partition coefficient (Wildman–Crippen LogP) is 2.98. The summed E-state index contributed by atoms with van der Waals surface area (Å²) in [7, 11) is 1.64. The first-order valence-electron chi connectivity index (χ1n) is 8.80. The van der Waals surface area contributed by atoms with Crippen LogP contribution in [-0.4, -0.2) is 49.1 Å². The molecule has 1 unspecified atom stereocenters. The molecule has 0 spiro atoms. The van der Waals surface area contributed by atoms with Crippen molar-refractivity contribution >= 4 is 6.03 Å². The van der Waals surface area contributed by atoms with E-state index < -0.39 is 17.5 Å². The van der Waals surface area contributed by atoms with E-state index in [1.54, 1.807) is 7.05 Å². The van der Waals surface area contributed by atoms with Gasteiger partial charge in [0.05, 0.1) is 0 Å². The highest BCUT2D eigenvalue weighted by Gasteiger charge is 2.32. The Hall–Kier alpha value is -1.76. The average Bonchev–Trinajstić information content (AvgIpc) is 3.07. The largest absolute Gasteiger partial charge is 0.341 e. The van der Waals surface area contributed by atoms with E-state index in [0.717, 1.165) is 57.6 Å². The second kappa shape index (κ2) is 7.64. The maximum atomic E-state index is 13.3. The van der Waals surface area contributed by atoms with Crippen molar-refractivity contribution in [2.24, 2.45) is 11.8 Å². The molecule has 2 aliphatic rings. The van der Waals surface area contributed by atoms with Gasteiger partial charge in [0.15, 0.2) is 17.5 Å². The number of nitrogens with one attached hydrogen (secondary N) is 1. The molecule has 0 saturated carbocycles. The summed E-state index contributed by atoms with van der Waals surface area (Å²) in [6.45, 7) is 3.73. The Morgan fingerprint density at radius 2 is 1.68 bits per heavy atom. The Balaban J connectivity index is 1.52. The van der Waals surface area contributed by atoms with Crippen LogP contribution < -0.4 is 5.32 Å². The molecule has 7 heteroatoms. The van der Waals surface area contributed by atoms with Crippen LogP contribution in [0.2, 0.25) is 0 Å². The first-order chi connectivity index (χ1) is 12.0. The van der Waals surface area contributed by atoms with E-state index in [1.165, 1.54) is 0 Å². The fourth-order valence-electron chi connectivity index (χ4n) is 4.08. The number of amides is 2. The number of piperidine rings is 1. The molecule has 2 aliphatic heterocycles. The molecule has 2 saturated heterocycles. The third kappa shape index (κ3) is 4.08. The van der Waals surface area contributed by atoms with Gasteiger partial charge in [-0.25, -0.2) is 18.0 Å². The third-order valence-corrected chi connectivity index (χ3v) is 5.47. The summed E-state index contributed by atoms with van der Waals surface area (Å²) in [6, 6.07) is 2.13. The maximum Gasteiger partial charge on any atom is 0.317 e. The summed E-state index contributed by atoms with van der Waals surface area (Å²) < 4.78 is 39.7. The quantitative estimate of drug-likeness (QED) is 0.846. The van der Waals surface area contributed by atoms with Gasteiger partial charge in [0.1, 0.15) is 0 Å². The molecule has 25 heavy (non-hydrogen) atoms. The van der Waals surface area contributed by atoms with Gasteiger partial charge in [-0.1, -0.05) is 0 Å². The zero-order valence-electron chi connectivity index (χ0n) is 14.4. The van der Waals surface area contributed by atoms with Crippen molar-refractivity contribution in [1.29, 1.82) is 0 Å². The van der Waals surface area contributed by atoms with Crippen LogP contribution in [0.3, 0.4) is 0 Å². The van der Waals surface area contributed by atoms with Gasteiger partial charge in [0, 0.05) is 33.2 Å². The Kier molecular flexibility index (Phi) is 5.51. The van der Waals surface area contributed by atoms with Crippen LogP contribution in [0.1, 0.15) is 24.8 Å². The summed E-state index contributed by atoms with van der Waals surface area (Å²) >= 11 is 0. The van der Waals surface area contributed by atoms with Crippen LogP contribution in [0.15, 0.2) is 12.1 Å². The second-order valence-corrected chi connectivity index (χ2v) is 7.04. The third-order valence-electron chi connectivity index (χ3n) is 5.47. The van der Waals surface area contributed by atoms with Crippen molar-refractivity contribution in [2.45, 2.75) is 25.8 Å². The lowest BCUT2D eigenvalue weighted by atomic mass is 9.84. The van der Waals surface area contributed by atoms with Gasteiger partial charge in [-0.05, 0) is 55.3 Å². The summed E-state index contributed by atoms with van der Waals surface area (Å²) in [4.78, 5) is 15.7. The zero-order chi connectivity index (χ0) is 18.0. The van der Waals surface area contributed by atoms with Gasteiger partial charge < -0.3 is 10.2 Å². The average molecular weight is 355 g/mol. The monoisotopic (exact) mass is 355 g/mol. The minimum Gasteiger partial charge on any atom is -0.341 e. The highest BCUT2D eigenvalue weighted by Crippen LogP contribution is 2.32. The molecule has 1 N–H and O–H groups in total. The minimum absolute atomic E-state index is 0.0214. The van der Waals surface area contributed by atoms with E-state index in [-0.39, 0.29) is 6.03 Å². The standard InChI is InChI=1S/C18H24F3N3O/c1-22-18(25)24-6-3-13(4-7-24)14-2-5-23(11-14)10-12-8-15(19)17(21)16(20)9-12/h8-9,13-14H,2-7,10-11H2,1H3,(H,22,25). The summed E-state index contributed by atoms with van der Waals surface area (Å²) in [5.41, 5.74) is 0.464. The van der Waals surface area contributed by atoms with E-state index in [1.807, 2.05) is 4.90 Å². The highest BCUT2D eigenvalue weighted by molar-refractivity contribution is 5.73. The van der Waals surface area contributed by atoms with Crippen LogP contribution in [0.5, 0.6) is 0 Å². The van der Waals surface area contributed by atoms with Crippen molar-refractivity contribution in [3.63, 3.8) is 0 Å². The number of rotatable bonds is 3. The number of carbonyl (C=O) groups excluding carboxylic acids is 1. The normalized spacial score (nSPS) is 22.4. The Bertz CT molecular complexity index is 609. The number of nitrogens with zero attached hydrogens (tertiary/aromatic N) is 2. The van der Waals surface area contributed by atoms with Crippen molar-refractivity contribution < 1.29 is 18.0 Å². The van der Waals surface area contributed by atoms with Crippen LogP contribution in [0, 0.1) is 29.3 Å². The molecule has 2 fully saturated rings. The van der Waals surface area contributed by atoms with Gasteiger partial charge in [0.2, 0.25) is 0 Å². The molecule has 0 aliphatic carbocycles. The fraction of sp³-hybridized carbons (Fsp3) is 0.611. The summed E-state index contributed by atoms with van der Waals surface area (Å²) in [5, 5.41) is 2.66. The molecule has 1 aromatic rings. The molecule has 0 radical (unpaired) electrons. The zero-order valence-corrected chi connectivity index (χ0v) is 14.4. The summed E-state index contributed by atoms with van der Waals surface area (Å²) in [5.74, 6) is -2.56. The van der Waals surface area contributed by atoms with Crippen molar-refractivity contribution in [1.82, 2.24) is 15.1 Å². The van der Waals surface area contributed by atoms with Crippen molar-refractivity contribution in [3.05, 3.63) is 35.1 Å².